The number of benzene rings is 3. The van der Waals surface area contributed by atoms with Crippen molar-refractivity contribution in [2.45, 2.75) is 58.2 Å². The van der Waals surface area contributed by atoms with E-state index in [0.29, 0.717) is 26.4 Å². The lowest BCUT2D eigenvalue weighted by Gasteiger charge is -2.28. The quantitative estimate of drug-likeness (QED) is 0.277. The summed E-state index contributed by atoms with van der Waals surface area (Å²) in [5, 5.41) is 0. The van der Waals surface area contributed by atoms with Crippen LogP contribution in [0.4, 0.5) is 0 Å². The first-order valence-electron chi connectivity index (χ1n) is 11.3. The molecule has 0 aliphatic heterocycles. The van der Waals surface area contributed by atoms with Crippen molar-refractivity contribution in [3.05, 3.63) is 108 Å². The molecule has 0 N–H and O–H groups in total. The second-order valence-electron chi connectivity index (χ2n) is 7.79. The molecular weight excluding hydrogens is 384 g/mol. The normalized spacial score (nSPS) is 13.1. The minimum Gasteiger partial charge on any atom is -0.377 e. The van der Waals surface area contributed by atoms with Crippen molar-refractivity contribution in [2.24, 2.45) is 0 Å². The van der Waals surface area contributed by atoms with Gasteiger partial charge < -0.3 is 14.2 Å². The van der Waals surface area contributed by atoms with Crippen molar-refractivity contribution >= 4 is 0 Å². The van der Waals surface area contributed by atoms with E-state index in [0.717, 1.165) is 19.3 Å². The molecule has 3 aromatic rings. The van der Waals surface area contributed by atoms with Crippen LogP contribution >= 0.6 is 0 Å². The Morgan fingerprint density at radius 2 is 0.968 bits per heavy atom. The Balaban J connectivity index is 1.58. The van der Waals surface area contributed by atoms with Gasteiger partial charge in [0, 0.05) is 6.61 Å². The lowest BCUT2D eigenvalue weighted by Crippen LogP contribution is -2.33. The smallest absolute Gasteiger partial charge is 0.0863 e. The Labute approximate surface area is 187 Å². The van der Waals surface area contributed by atoms with E-state index in [1.165, 1.54) is 16.7 Å². The van der Waals surface area contributed by atoms with E-state index in [4.69, 9.17) is 14.2 Å². The maximum Gasteiger partial charge on any atom is 0.0863 e. The van der Waals surface area contributed by atoms with Crippen LogP contribution in [0, 0.1) is 0 Å². The van der Waals surface area contributed by atoms with Crippen LogP contribution in [0.1, 0.15) is 42.9 Å². The zero-order valence-electron chi connectivity index (χ0n) is 18.5. The van der Waals surface area contributed by atoms with Crippen molar-refractivity contribution in [1.82, 2.24) is 0 Å². The van der Waals surface area contributed by atoms with E-state index in [1.54, 1.807) is 0 Å². The van der Waals surface area contributed by atoms with Crippen molar-refractivity contribution in [3.8, 4) is 0 Å². The van der Waals surface area contributed by atoms with Gasteiger partial charge in [0.1, 0.15) is 0 Å². The van der Waals surface area contributed by atoms with Gasteiger partial charge in [0.05, 0.1) is 32.0 Å². The molecule has 0 saturated carbocycles. The molecule has 0 aliphatic carbocycles. The molecule has 2 unspecified atom stereocenters. The first-order chi connectivity index (χ1) is 15.3. The zero-order valence-corrected chi connectivity index (χ0v) is 18.5. The highest BCUT2D eigenvalue weighted by Crippen LogP contribution is 2.19. The lowest BCUT2D eigenvalue weighted by molar-refractivity contribution is -0.0992. The molecule has 31 heavy (non-hydrogen) atoms. The fourth-order valence-corrected chi connectivity index (χ4v) is 3.56. The third-order valence-electron chi connectivity index (χ3n) is 5.26. The van der Waals surface area contributed by atoms with Crippen LogP contribution in [-0.4, -0.2) is 18.8 Å². The number of hydrogen-bond donors (Lipinski definition) is 0. The maximum absolute atomic E-state index is 6.38. The Hall–Kier alpha value is -2.46. The molecule has 2 atom stereocenters. The highest BCUT2D eigenvalue weighted by atomic mass is 16.5. The molecule has 0 amide bonds. The molecule has 0 bridgehead atoms. The zero-order chi connectivity index (χ0) is 21.6. The highest BCUT2D eigenvalue weighted by molar-refractivity contribution is 5.15. The summed E-state index contributed by atoms with van der Waals surface area (Å²) in [6, 6.07) is 30.9. The molecular formula is C28H34O3. The van der Waals surface area contributed by atoms with Crippen LogP contribution in [0.3, 0.4) is 0 Å². The van der Waals surface area contributed by atoms with Gasteiger partial charge in [-0.05, 0) is 29.5 Å². The van der Waals surface area contributed by atoms with Crippen LogP contribution in [0.15, 0.2) is 91.0 Å². The molecule has 0 saturated heterocycles. The SMILES string of the molecule is CCCC(OCc1ccccc1)C(CCOCc1ccccc1)OCc1ccccc1. The van der Waals surface area contributed by atoms with Gasteiger partial charge in [0.15, 0.2) is 0 Å². The molecule has 3 rings (SSSR count). The molecule has 3 heteroatoms. The molecule has 0 aliphatic rings. The van der Waals surface area contributed by atoms with Crippen LogP contribution in [0.5, 0.6) is 0 Å². The average molecular weight is 419 g/mol. The van der Waals surface area contributed by atoms with Crippen molar-refractivity contribution in [3.63, 3.8) is 0 Å². The third-order valence-corrected chi connectivity index (χ3v) is 5.26. The van der Waals surface area contributed by atoms with E-state index in [1.807, 2.05) is 54.6 Å². The Kier molecular flexibility index (Phi) is 10.3. The number of rotatable bonds is 14. The van der Waals surface area contributed by atoms with Gasteiger partial charge in [0.25, 0.3) is 0 Å². The summed E-state index contributed by atoms with van der Waals surface area (Å²) < 4.78 is 18.7. The fourth-order valence-electron chi connectivity index (χ4n) is 3.56. The van der Waals surface area contributed by atoms with Crippen LogP contribution in [0.2, 0.25) is 0 Å². The molecule has 0 fully saturated rings. The second kappa shape index (κ2) is 13.8. The van der Waals surface area contributed by atoms with E-state index in [-0.39, 0.29) is 12.2 Å². The van der Waals surface area contributed by atoms with E-state index >= 15 is 0 Å². The monoisotopic (exact) mass is 418 g/mol. The molecule has 0 heterocycles. The minimum absolute atomic E-state index is 0.0142. The predicted molar refractivity (Wildman–Crippen MR) is 126 cm³/mol. The lowest BCUT2D eigenvalue weighted by atomic mass is 10.1. The highest BCUT2D eigenvalue weighted by Gasteiger charge is 2.23. The Morgan fingerprint density at radius 3 is 1.42 bits per heavy atom. The van der Waals surface area contributed by atoms with Gasteiger partial charge in [-0.25, -0.2) is 0 Å². The predicted octanol–water partition coefficient (Wildman–Crippen LogP) is 6.56. The molecule has 0 spiro atoms. The van der Waals surface area contributed by atoms with Gasteiger partial charge in [-0.2, -0.15) is 0 Å². The van der Waals surface area contributed by atoms with Gasteiger partial charge >= 0.3 is 0 Å². The van der Waals surface area contributed by atoms with E-state index in [2.05, 4.69) is 43.3 Å². The summed E-state index contributed by atoms with van der Waals surface area (Å²) in [4.78, 5) is 0. The largest absolute Gasteiger partial charge is 0.377 e. The third kappa shape index (κ3) is 8.66. The van der Waals surface area contributed by atoms with Crippen LogP contribution < -0.4 is 0 Å². The standard InChI is InChI=1S/C28H34O3/c1-2-12-27(30-22-25-15-8-4-9-16-25)28(31-23-26-17-10-5-11-18-26)19-20-29-21-24-13-6-3-7-14-24/h3-11,13-18,27-28H,2,12,19-23H2,1H3. The summed E-state index contributed by atoms with van der Waals surface area (Å²) in [6.07, 6.45) is 2.84. The minimum atomic E-state index is -0.0142. The summed E-state index contributed by atoms with van der Waals surface area (Å²) in [5.41, 5.74) is 3.55. The van der Waals surface area contributed by atoms with Crippen molar-refractivity contribution in [2.75, 3.05) is 6.61 Å². The summed E-state index contributed by atoms with van der Waals surface area (Å²) in [5.74, 6) is 0. The Morgan fingerprint density at radius 1 is 0.548 bits per heavy atom. The summed E-state index contributed by atoms with van der Waals surface area (Å²) in [7, 11) is 0. The second-order valence-corrected chi connectivity index (χ2v) is 7.79. The first kappa shape index (κ1) is 23.2. The molecule has 3 aromatic carbocycles. The van der Waals surface area contributed by atoms with Crippen LogP contribution in [-0.2, 0) is 34.0 Å². The maximum atomic E-state index is 6.38. The van der Waals surface area contributed by atoms with Crippen molar-refractivity contribution < 1.29 is 14.2 Å². The van der Waals surface area contributed by atoms with E-state index < -0.39 is 0 Å². The summed E-state index contributed by atoms with van der Waals surface area (Å²) in [6.45, 7) is 4.64. The number of ether oxygens (including phenoxy) is 3. The molecule has 0 aromatic heterocycles. The molecule has 164 valence electrons. The molecule has 0 radical (unpaired) electrons. The van der Waals surface area contributed by atoms with Gasteiger partial charge in [-0.15, -0.1) is 0 Å². The fraction of sp³-hybridized carbons (Fsp3) is 0.357. The Bertz CT molecular complexity index is 821. The first-order valence-corrected chi connectivity index (χ1v) is 11.3. The van der Waals surface area contributed by atoms with E-state index in [9.17, 15) is 0 Å². The summed E-state index contributed by atoms with van der Waals surface area (Å²) >= 11 is 0. The molecule has 3 nitrogen and oxygen atoms in total. The van der Waals surface area contributed by atoms with Crippen LogP contribution in [0.25, 0.3) is 0 Å². The van der Waals surface area contributed by atoms with Gasteiger partial charge in [-0.3, -0.25) is 0 Å². The van der Waals surface area contributed by atoms with Gasteiger partial charge in [0.2, 0.25) is 0 Å². The topological polar surface area (TPSA) is 27.7 Å². The average Bonchev–Trinajstić information content (AvgIpc) is 2.83. The van der Waals surface area contributed by atoms with Crippen molar-refractivity contribution in [1.29, 1.82) is 0 Å². The number of hydrogen-bond acceptors (Lipinski definition) is 3. The van der Waals surface area contributed by atoms with Gasteiger partial charge in [-0.1, -0.05) is 104 Å².